The fourth-order valence-electron chi connectivity index (χ4n) is 2.64. The minimum absolute atomic E-state index is 0.0299. The van der Waals surface area contributed by atoms with Crippen molar-refractivity contribution in [2.75, 3.05) is 10.0 Å². The predicted molar refractivity (Wildman–Crippen MR) is 115 cm³/mol. The first kappa shape index (κ1) is 20.1. The zero-order valence-electron chi connectivity index (χ0n) is 15.4. The number of carbonyl (C=O) groups excluding carboxylic acids is 1. The summed E-state index contributed by atoms with van der Waals surface area (Å²) in [5.74, 6) is -0.368. The third kappa shape index (κ3) is 4.61. The van der Waals surface area contributed by atoms with Gasteiger partial charge in [-0.15, -0.1) is 0 Å². The van der Waals surface area contributed by atoms with Crippen molar-refractivity contribution in [3.8, 4) is 0 Å². The number of sulfonamides is 1. The summed E-state index contributed by atoms with van der Waals surface area (Å²) in [6, 6.07) is 18.8. The Morgan fingerprint density at radius 2 is 1.57 bits per heavy atom. The predicted octanol–water partition coefficient (Wildman–Crippen LogP) is 5.12. The molecule has 2 N–H and O–H groups in total. The van der Waals surface area contributed by atoms with Gasteiger partial charge in [0.2, 0.25) is 0 Å². The van der Waals surface area contributed by atoms with Crippen molar-refractivity contribution in [3.05, 3.63) is 87.9 Å². The van der Waals surface area contributed by atoms with Crippen LogP contribution in [-0.4, -0.2) is 14.3 Å². The van der Waals surface area contributed by atoms with E-state index in [1.54, 1.807) is 37.3 Å². The summed E-state index contributed by atoms with van der Waals surface area (Å²) >= 11 is 3.35. The van der Waals surface area contributed by atoms with Crippen molar-refractivity contribution in [1.29, 1.82) is 0 Å². The smallest absolute Gasteiger partial charge is 0.261 e. The molecule has 144 valence electrons. The number of benzene rings is 3. The summed E-state index contributed by atoms with van der Waals surface area (Å²) in [5, 5.41) is 2.79. The number of aryl methyl sites for hydroxylation is 2. The van der Waals surface area contributed by atoms with Gasteiger partial charge in [0.25, 0.3) is 15.9 Å². The lowest BCUT2D eigenvalue weighted by Crippen LogP contribution is -2.17. The highest BCUT2D eigenvalue weighted by Gasteiger charge is 2.19. The molecule has 3 rings (SSSR count). The van der Waals surface area contributed by atoms with Crippen LogP contribution >= 0.6 is 15.9 Å². The molecule has 1 amide bonds. The van der Waals surface area contributed by atoms with E-state index in [0.29, 0.717) is 22.5 Å². The maximum atomic E-state index is 12.8. The number of para-hydroxylation sites is 1. The Morgan fingerprint density at radius 1 is 0.893 bits per heavy atom. The molecule has 0 bridgehead atoms. The van der Waals surface area contributed by atoms with Crippen molar-refractivity contribution >= 4 is 43.2 Å². The highest BCUT2D eigenvalue weighted by molar-refractivity contribution is 9.10. The van der Waals surface area contributed by atoms with Gasteiger partial charge in [-0.1, -0.05) is 40.2 Å². The van der Waals surface area contributed by atoms with E-state index in [2.05, 4.69) is 26.0 Å². The van der Waals surface area contributed by atoms with Gasteiger partial charge in [-0.2, -0.15) is 0 Å². The van der Waals surface area contributed by atoms with E-state index in [-0.39, 0.29) is 10.8 Å². The van der Waals surface area contributed by atoms with Crippen molar-refractivity contribution in [3.63, 3.8) is 0 Å². The van der Waals surface area contributed by atoms with Crippen LogP contribution in [0.5, 0.6) is 0 Å². The fraction of sp³-hybridized carbons (Fsp3) is 0.0952. The minimum Gasteiger partial charge on any atom is -0.322 e. The molecule has 3 aromatic carbocycles. The lowest BCUT2D eigenvalue weighted by atomic mass is 10.1. The molecule has 5 nitrogen and oxygen atoms in total. The average molecular weight is 459 g/mol. The molecule has 0 saturated heterocycles. The van der Waals surface area contributed by atoms with Gasteiger partial charge in [-0.25, -0.2) is 8.42 Å². The van der Waals surface area contributed by atoms with E-state index in [4.69, 9.17) is 0 Å². The molecule has 0 radical (unpaired) electrons. The maximum absolute atomic E-state index is 12.8. The first-order chi connectivity index (χ1) is 13.3. The SMILES string of the molecule is Cc1ccccc1NS(=O)(=O)c1ccc(C)c(C(=O)Nc2ccc(Br)cc2)c1. The molecule has 3 aromatic rings. The highest BCUT2D eigenvalue weighted by Crippen LogP contribution is 2.22. The third-order valence-corrected chi connectivity index (χ3v) is 6.15. The summed E-state index contributed by atoms with van der Waals surface area (Å²) in [4.78, 5) is 12.7. The molecule has 0 fully saturated rings. The Morgan fingerprint density at radius 3 is 2.25 bits per heavy atom. The molecule has 0 spiro atoms. The highest BCUT2D eigenvalue weighted by atomic mass is 79.9. The quantitative estimate of drug-likeness (QED) is 0.556. The number of hydrogen-bond donors (Lipinski definition) is 2. The van der Waals surface area contributed by atoms with E-state index in [1.165, 1.54) is 12.1 Å². The number of nitrogens with one attached hydrogen (secondary N) is 2. The second-order valence-corrected chi connectivity index (χ2v) is 8.96. The van der Waals surface area contributed by atoms with Crippen molar-refractivity contribution in [1.82, 2.24) is 0 Å². The van der Waals surface area contributed by atoms with Crippen LogP contribution in [0.1, 0.15) is 21.5 Å². The molecule has 28 heavy (non-hydrogen) atoms. The number of hydrogen-bond acceptors (Lipinski definition) is 3. The molecule has 0 aliphatic carbocycles. The van der Waals surface area contributed by atoms with Crippen molar-refractivity contribution in [2.45, 2.75) is 18.7 Å². The van der Waals surface area contributed by atoms with Crippen LogP contribution in [-0.2, 0) is 10.0 Å². The third-order valence-electron chi connectivity index (χ3n) is 4.26. The first-order valence-electron chi connectivity index (χ1n) is 8.52. The van der Waals surface area contributed by atoms with Gasteiger partial charge in [-0.05, 0) is 67.4 Å². The molecule has 0 heterocycles. The number of halogens is 1. The van der Waals surface area contributed by atoms with Gasteiger partial charge in [0.05, 0.1) is 10.6 Å². The molecule has 7 heteroatoms. The van der Waals surface area contributed by atoms with Gasteiger partial charge in [0.1, 0.15) is 0 Å². The van der Waals surface area contributed by atoms with Gasteiger partial charge >= 0.3 is 0 Å². The van der Waals surface area contributed by atoms with Crippen LogP contribution in [0.15, 0.2) is 76.1 Å². The van der Waals surface area contributed by atoms with Gasteiger partial charge < -0.3 is 5.32 Å². The summed E-state index contributed by atoms with van der Waals surface area (Å²) in [6.45, 7) is 3.59. The Bertz CT molecular complexity index is 1130. The first-order valence-corrected chi connectivity index (χ1v) is 10.8. The minimum atomic E-state index is -3.82. The summed E-state index contributed by atoms with van der Waals surface area (Å²) in [7, 11) is -3.82. The topological polar surface area (TPSA) is 75.3 Å². The molecular formula is C21H19BrN2O3S. The number of anilines is 2. The monoisotopic (exact) mass is 458 g/mol. The van der Waals surface area contributed by atoms with Crippen molar-refractivity contribution in [2.24, 2.45) is 0 Å². The lowest BCUT2D eigenvalue weighted by molar-refractivity contribution is 0.102. The van der Waals surface area contributed by atoms with Gasteiger partial charge in [-0.3, -0.25) is 9.52 Å². The number of carbonyl (C=O) groups is 1. The maximum Gasteiger partial charge on any atom is 0.261 e. The van der Waals surface area contributed by atoms with E-state index < -0.39 is 10.0 Å². The Kier molecular flexibility index (Phi) is 5.86. The molecule has 0 aliphatic heterocycles. The van der Waals surface area contributed by atoms with E-state index in [1.807, 2.05) is 31.2 Å². The number of amides is 1. The van der Waals surface area contributed by atoms with Gasteiger partial charge in [0, 0.05) is 15.7 Å². The average Bonchev–Trinajstić information content (AvgIpc) is 2.65. The summed E-state index contributed by atoms with van der Waals surface area (Å²) in [6.07, 6.45) is 0. The Hall–Kier alpha value is -2.64. The molecule has 0 atom stereocenters. The second kappa shape index (κ2) is 8.16. The van der Waals surface area contributed by atoms with Crippen LogP contribution in [0, 0.1) is 13.8 Å². The van der Waals surface area contributed by atoms with Crippen LogP contribution in [0.4, 0.5) is 11.4 Å². The fourth-order valence-corrected chi connectivity index (χ4v) is 4.06. The van der Waals surface area contributed by atoms with E-state index >= 15 is 0 Å². The molecule has 0 saturated carbocycles. The van der Waals surface area contributed by atoms with Crippen LogP contribution in [0.2, 0.25) is 0 Å². The lowest BCUT2D eigenvalue weighted by Gasteiger charge is -2.13. The number of rotatable bonds is 5. The Labute approximate surface area is 173 Å². The zero-order valence-corrected chi connectivity index (χ0v) is 17.8. The van der Waals surface area contributed by atoms with Crippen molar-refractivity contribution < 1.29 is 13.2 Å². The largest absolute Gasteiger partial charge is 0.322 e. The molecular weight excluding hydrogens is 440 g/mol. The zero-order chi connectivity index (χ0) is 20.3. The van der Waals surface area contributed by atoms with E-state index in [0.717, 1.165) is 10.0 Å². The van der Waals surface area contributed by atoms with Crippen LogP contribution < -0.4 is 10.0 Å². The van der Waals surface area contributed by atoms with Crippen LogP contribution in [0.3, 0.4) is 0 Å². The normalized spacial score (nSPS) is 11.1. The molecule has 0 unspecified atom stereocenters. The Balaban J connectivity index is 1.89. The standard InChI is InChI=1S/C21H19BrN2O3S/c1-14-7-12-18(28(26,27)24-20-6-4-3-5-15(20)2)13-19(14)21(25)23-17-10-8-16(22)9-11-17/h3-13,24H,1-2H3,(H,23,25). The second-order valence-electron chi connectivity index (χ2n) is 6.36. The molecule has 0 aliphatic rings. The van der Waals surface area contributed by atoms with E-state index in [9.17, 15) is 13.2 Å². The van der Waals surface area contributed by atoms with Gasteiger partial charge in [0.15, 0.2) is 0 Å². The summed E-state index contributed by atoms with van der Waals surface area (Å²) < 4.78 is 29.1. The molecule has 0 aromatic heterocycles. The summed E-state index contributed by atoms with van der Waals surface area (Å²) in [5.41, 5.74) is 2.93. The van der Waals surface area contributed by atoms with Crippen LogP contribution in [0.25, 0.3) is 0 Å².